The van der Waals surface area contributed by atoms with Crippen molar-refractivity contribution in [1.82, 2.24) is 0 Å². The van der Waals surface area contributed by atoms with E-state index in [0.717, 1.165) is 6.42 Å². The van der Waals surface area contributed by atoms with Crippen molar-refractivity contribution in [2.24, 2.45) is 10.8 Å². The van der Waals surface area contributed by atoms with Crippen molar-refractivity contribution >= 4 is 0 Å². The second kappa shape index (κ2) is 8.34. The topological polar surface area (TPSA) is 0 Å². The molecule has 0 nitrogen and oxygen atoms in total. The highest BCUT2D eigenvalue weighted by molar-refractivity contribution is 5.15. The molecule has 106 valence electrons. The van der Waals surface area contributed by atoms with Crippen molar-refractivity contribution in [3.63, 3.8) is 0 Å². The molecule has 0 saturated carbocycles. The Morgan fingerprint density at radius 3 is 1.44 bits per heavy atom. The summed E-state index contributed by atoms with van der Waals surface area (Å²) in [5.41, 5.74) is 2.38. The summed E-state index contributed by atoms with van der Waals surface area (Å²) in [5, 5.41) is 0. The predicted molar refractivity (Wildman–Crippen MR) is 86.1 cm³/mol. The van der Waals surface area contributed by atoms with Crippen LogP contribution in [0, 0.1) is 10.8 Å². The van der Waals surface area contributed by atoms with Crippen molar-refractivity contribution in [2.45, 2.75) is 68.7 Å². The molecule has 1 aromatic carbocycles. The quantitative estimate of drug-likeness (QED) is 0.544. The standard InChI is InChI=1S/C11H16.C6H14.CH4/c1-11(2,3)9-10-7-5-4-6-8-10;1-5-6(2,3)4;/h4-8H,9H2,1-3H3;5H2,1-4H3;1H4. The first-order valence-corrected chi connectivity index (χ1v) is 6.68. The van der Waals surface area contributed by atoms with Crippen LogP contribution in [0.25, 0.3) is 0 Å². The maximum Gasteiger partial charge on any atom is -0.0230 e. The van der Waals surface area contributed by atoms with E-state index in [1.165, 1.54) is 12.0 Å². The van der Waals surface area contributed by atoms with E-state index in [-0.39, 0.29) is 7.43 Å². The van der Waals surface area contributed by atoms with Crippen LogP contribution in [0.4, 0.5) is 0 Å². The molecule has 0 aromatic heterocycles. The molecule has 0 aliphatic rings. The molecular weight excluding hydrogens is 216 g/mol. The van der Waals surface area contributed by atoms with Gasteiger partial charge >= 0.3 is 0 Å². The zero-order chi connectivity index (χ0) is 13.5. The molecular formula is C18H34. The van der Waals surface area contributed by atoms with E-state index in [0.29, 0.717) is 10.8 Å². The molecule has 0 saturated heterocycles. The largest absolute Gasteiger partial charge is 0.0776 e. The first-order valence-electron chi connectivity index (χ1n) is 6.68. The number of benzene rings is 1. The fraction of sp³-hybridized carbons (Fsp3) is 0.667. The summed E-state index contributed by atoms with van der Waals surface area (Å²) in [6, 6.07) is 10.6. The summed E-state index contributed by atoms with van der Waals surface area (Å²) in [4.78, 5) is 0. The molecule has 0 heteroatoms. The average molecular weight is 250 g/mol. The molecule has 0 N–H and O–H groups in total. The van der Waals surface area contributed by atoms with Gasteiger partial charge in [-0.25, -0.2) is 0 Å². The van der Waals surface area contributed by atoms with Crippen molar-refractivity contribution in [2.75, 3.05) is 0 Å². The molecule has 0 aliphatic heterocycles. The Labute approximate surface area is 116 Å². The highest BCUT2D eigenvalue weighted by atomic mass is 14.1. The van der Waals surface area contributed by atoms with Crippen LogP contribution in [0.3, 0.4) is 0 Å². The minimum atomic E-state index is 0. The van der Waals surface area contributed by atoms with Crippen molar-refractivity contribution < 1.29 is 0 Å². The third-order valence-corrected chi connectivity index (χ3v) is 2.64. The first kappa shape index (κ1) is 19.6. The molecule has 0 atom stereocenters. The Kier molecular flexibility index (Phi) is 9.07. The molecule has 0 amide bonds. The zero-order valence-electron chi connectivity index (χ0n) is 12.8. The summed E-state index contributed by atoms with van der Waals surface area (Å²) in [6.45, 7) is 15.7. The van der Waals surface area contributed by atoms with Crippen LogP contribution >= 0.6 is 0 Å². The second-order valence-electron chi connectivity index (χ2n) is 7.14. The summed E-state index contributed by atoms with van der Waals surface area (Å²) in [6.07, 6.45) is 2.43. The van der Waals surface area contributed by atoms with Gasteiger partial charge in [0.1, 0.15) is 0 Å². The summed E-state index contributed by atoms with van der Waals surface area (Å²) in [5.74, 6) is 0. The van der Waals surface area contributed by atoms with Gasteiger partial charge in [0.15, 0.2) is 0 Å². The Balaban J connectivity index is 0. The average Bonchev–Trinajstić information content (AvgIpc) is 2.16. The Morgan fingerprint density at radius 2 is 1.17 bits per heavy atom. The van der Waals surface area contributed by atoms with Gasteiger partial charge in [-0.3, -0.25) is 0 Å². The molecule has 0 aliphatic carbocycles. The lowest BCUT2D eigenvalue weighted by Crippen LogP contribution is -2.08. The van der Waals surface area contributed by atoms with Gasteiger partial charge in [-0.05, 0) is 22.8 Å². The summed E-state index contributed by atoms with van der Waals surface area (Å²) in [7, 11) is 0. The van der Waals surface area contributed by atoms with Gasteiger partial charge in [-0.2, -0.15) is 0 Å². The monoisotopic (exact) mass is 250 g/mol. The van der Waals surface area contributed by atoms with Gasteiger partial charge in [0.2, 0.25) is 0 Å². The van der Waals surface area contributed by atoms with Crippen molar-refractivity contribution in [3.8, 4) is 0 Å². The lowest BCUT2D eigenvalue weighted by Gasteiger charge is -2.17. The van der Waals surface area contributed by atoms with E-state index < -0.39 is 0 Å². The van der Waals surface area contributed by atoms with E-state index in [2.05, 4.69) is 78.8 Å². The van der Waals surface area contributed by atoms with E-state index in [9.17, 15) is 0 Å². The van der Waals surface area contributed by atoms with Gasteiger partial charge in [-0.15, -0.1) is 0 Å². The third-order valence-electron chi connectivity index (χ3n) is 2.64. The second-order valence-corrected chi connectivity index (χ2v) is 7.14. The number of hydrogen-bond acceptors (Lipinski definition) is 0. The Bertz CT molecular complexity index is 282. The van der Waals surface area contributed by atoms with Crippen molar-refractivity contribution in [3.05, 3.63) is 35.9 Å². The summed E-state index contributed by atoms with van der Waals surface area (Å²) < 4.78 is 0. The fourth-order valence-corrected chi connectivity index (χ4v) is 1.21. The van der Waals surface area contributed by atoms with Gasteiger partial charge in [-0.1, -0.05) is 92.6 Å². The molecule has 0 heterocycles. The van der Waals surface area contributed by atoms with Crippen LogP contribution in [0.15, 0.2) is 30.3 Å². The smallest absolute Gasteiger partial charge is 0.0230 e. The van der Waals surface area contributed by atoms with Gasteiger partial charge in [0, 0.05) is 0 Å². The van der Waals surface area contributed by atoms with E-state index >= 15 is 0 Å². The van der Waals surface area contributed by atoms with Crippen LogP contribution in [0.1, 0.15) is 67.9 Å². The number of hydrogen-bond donors (Lipinski definition) is 0. The van der Waals surface area contributed by atoms with E-state index in [4.69, 9.17) is 0 Å². The molecule has 0 bridgehead atoms. The SMILES string of the molecule is C.CC(C)(C)Cc1ccccc1.CCC(C)(C)C. The highest BCUT2D eigenvalue weighted by Gasteiger charge is 2.09. The molecule has 0 unspecified atom stereocenters. The van der Waals surface area contributed by atoms with Crippen LogP contribution in [-0.2, 0) is 6.42 Å². The molecule has 18 heavy (non-hydrogen) atoms. The molecule has 0 radical (unpaired) electrons. The lowest BCUT2D eigenvalue weighted by atomic mass is 9.88. The van der Waals surface area contributed by atoms with E-state index in [1.54, 1.807) is 0 Å². The Morgan fingerprint density at radius 1 is 0.778 bits per heavy atom. The summed E-state index contributed by atoms with van der Waals surface area (Å²) >= 11 is 0. The predicted octanol–water partition coefficient (Wildman–Crippen LogP) is 6.35. The molecule has 0 spiro atoms. The molecule has 0 fully saturated rings. The highest BCUT2D eigenvalue weighted by Crippen LogP contribution is 2.19. The maximum absolute atomic E-state index is 2.26. The van der Waals surface area contributed by atoms with Crippen LogP contribution in [-0.4, -0.2) is 0 Å². The van der Waals surface area contributed by atoms with Gasteiger partial charge < -0.3 is 0 Å². The zero-order valence-corrected chi connectivity index (χ0v) is 12.8. The Hall–Kier alpha value is -0.780. The molecule has 1 aromatic rings. The third kappa shape index (κ3) is 13.3. The molecule has 1 rings (SSSR count). The first-order chi connectivity index (χ1) is 7.64. The van der Waals surface area contributed by atoms with Gasteiger partial charge in [0.25, 0.3) is 0 Å². The van der Waals surface area contributed by atoms with E-state index in [1.807, 2.05) is 0 Å². The minimum absolute atomic E-state index is 0. The van der Waals surface area contributed by atoms with Crippen LogP contribution in [0.5, 0.6) is 0 Å². The van der Waals surface area contributed by atoms with Crippen LogP contribution < -0.4 is 0 Å². The maximum atomic E-state index is 2.26. The van der Waals surface area contributed by atoms with Crippen molar-refractivity contribution in [1.29, 1.82) is 0 Å². The fourth-order valence-electron chi connectivity index (χ4n) is 1.21. The number of rotatable bonds is 1. The van der Waals surface area contributed by atoms with Crippen LogP contribution in [0.2, 0.25) is 0 Å². The lowest BCUT2D eigenvalue weighted by molar-refractivity contribution is 0.398. The minimum Gasteiger partial charge on any atom is -0.0776 e. The van der Waals surface area contributed by atoms with Gasteiger partial charge in [0.05, 0.1) is 0 Å². The normalized spacial score (nSPS) is 11.1.